The zero-order valence-corrected chi connectivity index (χ0v) is 11.3. The summed E-state index contributed by atoms with van der Waals surface area (Å²) in [5.74, 6) is 2.57. The van der Waals surface area contributed by atoms with Crippen LogP contribution in [0.5, 0.6) is 0 Å². The minimum atomic E-state index is 0.256. The van der Waals surface area contributed by atoms with E-state index >= 15 is 0 Å². The predicted molar refractivity (Wildman–Crippen MR) is 76.3 cm³/mol. The van der Waals surface area contributed by atoms with E-state index in [1.165, 1.54) is 5.56 Å². The van der Waals surface area contributed by atoms with Crippen LogP contribution in [0, 0.1) is 0 Å². The highest BCUT2D eigenvalue weighted by molar-refractivity contribution is 7.99. The van der Waals surface area contributed by atoms with Crippen molar-refractivity contribution < 1.29 is 4.79 Å². The van der Waals surface area contributed by atoms with E-state index in [0.717, 1.165) is 43.2 Å². The van der Waals surface area contributed by atoms with Gasteiger partial charge >= 0.3 is 0 Å². The van der Waals surface area contributed by atoms with E-state index in [0.29, 0.717) is 6.54 Å². The third-order valence-corrected chi connectivity index (χ3v) is 4.59. The van der Waals surface area contributed by atoms with Gasteiger partial charge in [0, 0.05) is 36.8 Å². The highest BCUT2D eigenvalue weighted by Gasteiger charge is 2.25. The molecule has 1 saturated heterocycles. The number of carbonyl (C=O) groups excluding carboxylic acids is 1. The fourth-order valence-electron chi connectivity index (χ4n) is 2.63. The molecule has 0 unspecified atom stereocenters. The van der Waals surface area contributed by atoms with E-state index in [2.05, 4.69) is 23.1 Å². The van der Waals surface area contributed by atoms with Gasteiger partial charge in [-0.3, -0.25) is 9.69 Å². The lowest BCUT2D eigenvalue weighted by Crippen LogP contribution is -2.42. The summed E-state index contributed by atoms with van der Waals surface area (Å²) in [5, 5.41) is 0. The van der Waals surface area contributed by atoms with Crippen LogP contribution >= 0.6 is 11.8 Å². The van der Waals surface area contributed by atoms with Gasteiger partial charge in [0.25, 0.3) is 0 Å². The number of thioether (sulfide) groups is 1. The Morgan fingerprint density at radius 1 is 1.17 bits per heavy atom. The molecule has 0 spiro atoms. The van der Waals surface area contributed by atoms with Crippen molar-refractivity contribution in [3.05, 3.63) is 29.8 Å². The predicted octanol–water partition coefficient (Wildman–Crippen LogP) is 1.62. The number of hydrogen-bond donors (Lipinski definition) is 0. The standard InChI is InChI=1S/C14H18N2OS/c17-14(11-15-7-9-18-10-8-15)16-6-5-12-3-1-2-4-13(12)16/h1-4H,5-11H2. The van der Waals surface area contributed by atoms with Crippen LogP contribution < -0.4 is 4.90 Å². The second kappa shape index (κ2) is 5.33. The van der Waals surface area contributed by atoms with E-state index in [1.807, 2.05) is 22.7 Å². The van der Waals surface area contributed by atoms with Crippen LogP contribution in [-0.2, 0) is 11.2 Å². The molecule has 1 aromatic rings. The number of anilines is 1. The van der Waals surface area contributed by atoms with E-state index in [4.69, 9.17) is 0 Å². The fraction of sp³-hybridized carbons (Fsp3) is 0.500. The largest absolute Gasteiger partial charge is 0.311 e. The highest BCUT2D eigenvalue weighted by atomic mass is 32.2. The van der Waals surface area contributed by atoms with Crippen molar-refractivity contribution in [1.82, 2.24) is 4.90 Å². The molecule has 1 aromatic carbocycles. The van der Waals surface area contributed by atoms with Crippen molar-refractivity contribution in [2.24, 2.45) is 0 Å². The van der Waals surface area contributed by atoms with Gasteiger partial charge in [0.2, 0.25) is 5.91 Å². The van der Waals surface area contributed by atoms with Crippen molar-refractivity contribution in [2.45, 2.75) is 6.42 Å². The summed E-state index contributed by atoms with van der Waals surface area (Å²) < 4.78 is 0. The first-order valence-electron chi connectivity index (χ1n) is 6.53. The van der Waals surface area contributed by atoms with Crippen LogP contribution in [0.2, 0.25) is 0 Å². The molecule has 2 aliphatic rings. The minimum absolute atomic E-state index is 0.256. The fourth-order valence-corrected chi connectivity index (χ4v) is 3.61. The zero-order valence-electron chi connectivity index (χ0n) is 10.5. The lowest BCUT2D eigenvalue weighted by molar-refractivity contribution is -0.119. The smallest absolute Gasteiger partial charge is 0.241 e. The molecule has 0 atom stereocenters. The van der Waals surface area contributed by atoms with Gasteiger partial charge < -0.3 is 4.90 Å². The van der Waals surface area contributed by atoms with Gasteiger partial charge in [-0.1, -0.05) is 18.2 Å². The summed E-state index contributed by atoms with van der Waals surface area (Å²) in [7, 11) is 0. The Balaban J connectivity index is 1.67. The van der Waals surface area contributed by atoms with Crippen LogP contribution in [0.1, 0.15) is 5.56 Å². The Morgan fingerprint density at radius 3 is 2.78 bits per heavy atom. The molecule has 0 aromatic heterocycles. The van der Waals surface area contributed by atoms with E-state index in [1.54, 1.807) is 0 Å². The number of rotatable bonds is 2. The highest BCUT2D eigenvalue weighted by Crippen LogP contribution is 2.27. The van der Waals surface area contributed by atoms with Crippen LogP contribution in [-0.4, -0.2) is 48.5 Å². The Kier molecular flexibility index (Phi) is 3.57. The molecule has 18 heavy (non-hydrogen) atoms. The average Bonchev–Trinajstić information content (AvgIpc) is 2.84. The number of carbonyl (C=O) groups is 1. The van der Waals surface area contributed by atoms with Crippen LogP contribution in [0.4, 0.5) is 5.69 Å². The first-order valence-corrected chi connectivity index (χ1v) is 7.68. The number of amides is 1. The molecule has 4 heteroatoms. The number of para-hydroxylation sites is 1. The Hall–Kier alpha value is -1.00. The van der Waals surface area contributed by atoms with Crippen LogP contribution in [0.3, 0.4) is 0 Å². The summed E-state index contributed by atoms with van der Waals surface area (Å²) in [4.78, 5) is 16.6. The van der Waals surface area contributed by atoms with Gasteiger partial charge in [0.1, 0.15) is 0 Å². The SMILES string of the molecule is O=C(CN1CCSCC1)N1CCc2ccccc21. The van der Waals surface area contributed by atoms with Crippen LogP contribution in [0.15, 0.2) is 24.3 Å². The third kappa shape index (κ3) is 2.40. The molecular weight excluding hydrogens is 244 g/mol. The molecule has 96 valence electrons. The first-order chi connectivity index (χ1) is 8.84. The molecular formula is C14H18N2OS. The van der Waals surface area contributed by atoms with Crippen molar-refractivity contribution in [3.63, 3.8) is 0 Å². The van der Waals surface area contributed by atoms with Crippen LogP contribution in [0.25, 0.3) is 0 Å². The second-order valence-corrected chi connectivity index (χ2v) is 6.04. The molecule has 2 heterocycles. The molecule has 0 radical (unpaired) electrons. The molecule has 0 saturated carbocycles. The number of hydrogen-bond acceptors (Lipinski definition) is 3. The maximum atomic E-state index is 12.4. The number of benzene rings is 1. The normalized spacial score (nSPS) is 19.9. The minimum Gasteiger partial charge on any atom is -0.311 e. The van der Waals surface area contributed by atoms with E-state index < -0.39 is 0 Å². The van der Waals surface area contributed by atoms with Gasteiger partial charge in [-0.2, -0.15) is 11.8 Å². The summed E-state index contributed by atoms with van der Waals surface area (Å²) in [6, 6.07) is 8.25. The number of fused-ring (bicyclic) bond motifs is 1. The third-order valence-electron chi connectivity index (χ3n) is 3.65. The topological polar surface area (TPSA) is 23.6 Å². The summed E-state index contributed by atoms with van der Waals surface area (Å²) in [6.07, 6.45) is 0.998. The van der Waals surface area contributed by atoms with Crippen molar-refractivity contribution in [2.75, 3.05) is 42.6 Å². The number of nitrogens with zero attached hydrogens (tertiary/aromatic N) is 2. The lowest BCUT2D eigenvalue weighted by atomic mass is 10.2. The van der Waals surface area contributed by atoms with Gasteiger partial charge in [0.05, 0.1) is 6.54 Å². The molecule has 0 N–H and O–H groups in total. The Labute approximate surface area is 112 Å². The van der Waals surface area contributed by atoms with Crippen molar-refractivity contribution in [1.29, 1.82) is 0 Å². The second-order valence-electron chi connectivity index (χ2n) is 4.81. The van der Waals surface area contributed by atoms with Gasteiger partial charge in [0.15, 0.2) is 0 Å². The van der Waals surface area contributed by atoms with Gasteiger partial charge in [-0.05, 0) is 18.1 Å². The quantitative estimate of drug-likeness (QED) is 0.809. The van der Waals surface area contributed by atoms with Crippen molar-refractivity contribution in [3.8, 4) is 0 Å². The molecule has 0 bridgehead atoms. The Morgan fingerprint density at radius 2 is 1.94 bits per heavy atom. The summed E-state index contributed by atoms with van der Waals surface area (Å²) in [5.41, 5.74) is 2.42. The maximum absolute atomic E-state index is 12.4. The van der Waals surface area contributed by atoms with E-state index in [-0.39, 0.29) is 5.91 Å². The molecule has 1 amide bonds. The zero-order chi connectivity index (χ0) is 12.4. The van der Waals surface area contributed by atoms with Crippen molar-refractivity contribution >= 4 is 23.4 Å². The van der Waals surface area contributed by atoms with E-state index in [9.17, 15) is 4.79 Å². The molecule has 0 aliphatic carbocycles. The van der Waals surface area contributed by atoms with Gasteiger partial charge in [-0.15, -0.1) is 0 Å². The monoisotopic (exact) mass is 262 g/mol. The molecule has 3 nitrogen and oxygen atoms in total. The molecule has 2 aliphatic heterocycles. The first kappa shape index (κ1) is 12.1. The Bertz CT molecular complexity index is 443. The maximum Gasteiger partial charge on any atom is 0.241 e. The molecule has 1 fully saturated rings. The average molecular weight is 262 g/mol. The summed E-state index contributed by atoms with van der Waals surface area (Å²) in [6.45, 7) is 3.52. The van der Waals surface area contributed by atoms with Gasteiger partial charge in [-0.25, -0.2) is 0 Å². The summed E-state index contributed by atoms with van der Waals surface area (Å²) >= 11 is 1.98. The molecule has 3 rings (SSSR count). The lowest BCUT2D eigenvalue weighted by Gasteiger charge is -2.27.